The highest BCUT2D eigenvalue weighted by molar-refractivity contribution is 6.19. The molecule has 0 atom stereocenters. The van der Waals surface area contributed by atoms with E-state index in [0.29, 0.717) is 23.7 Å². The van der Waals surface area contributed by atoms with Gasteiger partial charge in [-0.15, -0.1) is 11.6 Å². The van der Waals surface area contributed by atoms with Crippen molar-refractivity contribution in [3.8, 4) is 0 Å². The number of piperidine rings is 1. The second-order valence-corrected chi connectivity index (χ2v) is 8.26. The summed E-state index contributed by atoms with van der Waals surface area (Å²) in [7, 11) is 0. The summed E-state index contributed by atoms with van der Waals surface area (Å²) in [5, 5.41) is 5.88. The molecule has 2 amide bonds. The Morgan fingerprint density at radius 1 is 1.10 bits per heavy atom. The summed E-state index contributed by atoms with van der Waals surface area (Å²) in [6.07, 6.45) is 3.24. The molecule has 2 N–H and O–H groups in total. The molecule has 160 valence electrons. The number of anilines is 2. The van der Waals surface area contributed by atoms with Crippen LogP contribution in [-0.4, -0.2) is 37.3 Å². The van der Waals surface area contributed by atoms with Crippen molar-refractivity contribution in [3.05, 3.63) is 59.7 Å². The monoisotopic (exact) mass is 427 g/mol. The topological polar surface area (TPSA) is 61.4 Å². The maximum absolute atomic E-state index is 13.1. The lowest BCUT2D eigenvalue weighted by Gasteiger charge is -2.33. The Bertz CT molecular complexity index is 849. The Morgan fingerprint density at radius 2 is 1.83 bits per heavy atom. The largest absolute Gasteiger partial charge is 0.371 e. The van der Waals surface area contributed by atoms with E-state index in [2.05, 4.69) is 34.6 Å². The first-order valence-electron chi connectivity index (χ1n) is 10.6. The lowest BCUT2D eigenvalue weighted by atomic mass is 9.97. The Kier molecular flexibility index (Phi) is 8.14. The van der Waals surface area contributed by atoms with Gasteiger partial charge in [0, 0.05) is 43.3 Å². The van der Waals surface area contributed by atoms with E-state index in [1.165, 1.54) is 5.56 Å². The molecule has 5 nitrogen and oxygen atoms in total. The predicted octanol–water partition coefficient (Wildman–Crippen LogP) is 4.46. The SMILES string of the molecule is CC1CCN(c2ccc(NC(=O)CCCl)cc2C(=O)NCCc2ccccc2)CC1. The first kappa shape index (κ1) is 22.2. The van der Waals surface area contributed by atoms with Crippen molar-refractivity contribution >= 4 is 34.8 Å². The second kappa shape index (κ2) is 11.0. The molecule has 1 saturated heterocycles. The third-order valence-corrected chi connectivity index (χ3v) is 5.70. The van der Waals surface area contributed by atoms with E-state index in [4.69, 9.17) is 11.6 Å². The molecule has 0 radical (unpaired) electrons. The summed E-state index contributed by atoms with van der Waals surface area (Å²) in [5.74, 6) is 0.703. The molecule has 0 aromatic heterocycles. The van der Waals surface area contributed by atoms with Gasteiger partial charge in [-0.05, 0) is 48.9 Å². The van der Waals surface area contributed by atoms with Crippen LogP contribution in [0.15, 0.2) is 48.5 Å². The standard InChI is InChI=1S/C24H30ClN3O2/c1-18-11-15-28(16-12-18)22-8-7-20(27-23(29)9-13-25)17-21(22)24(30)26-14-10-19-5-3-2-4-6-19/h2-8,17-18H,9-16H2,1H3,(H,26,30)(H,27,29). The van der Waals surface area contributed by atoms with Gasteiger partial charge in [0.15, 0.2) is 0 Å². The van der Waals surface area contributed by atoms with Gasteiger partial charge in [0.25, 0.3) is 5.91 Å². The minimum absolute atomic E-state index is 0.118. The normalized spacial score (nSPS) is 14.4. The molecule has 3 rings (SSSR count). The van der Waals surface area contributed by atoms with Crippen LogP contribution in [0.4, 0.5) is 11.4 Å². The number of hydrogen-bond donors (Lipinski definition) is 2. The van der Waals surface area contributed by atoms with Crippen molar-refractivity contribution in [2.45, 2.75) is 32.6 Å². The van der Waals surface area contributed by atoms with Gasteiger partial charge >= 0.3 is 0 Å². The van der Waals surface area contributed by atoms with Crippen molar-refractivity contribution in [2.75, 3.05) is 35.7 Å². The quantitative estimate of drug-likeness (QED) is 0.611. The maximum atomic E-state index is 13.1. The Hall–Kier alpha value is -2.53. The molecule has 0 bridgehead atoms. The number of rotatable bonds is 8. The van der Waals surface area contributed by atoms with Crippen molar-refractivity contribution in [2.24, 2.45) is 5.92 Å². The van der Waals surface area contributed by atoms with Crippen LogP contribution in [-0.2, 0) is 11.2 Å². The van der Waals surface area contributed by atoms with Gasteiger partial charge in [-0.1, -0.05) is 37.3 Å². The number of nitrogens with zero attached hydrogens (tertiary/aromatic N) is 1. The maximum Gasteiger partial charge on any atom is 0.253 e. The minimum atomic E-state index is -0.153. The highest BCUT2D eigenvalue weighted by atomic mass is 35.5. The first-order chi connectivity index (χ1) is 14.6. The van der Waals surface area contributed by atoms with Crippen LogP contribution >= 0.6 is 11.6 Å². The minimum Gasteiger partial charge on any atom is -0.371 e. The van der Waals surface area contributed by atoms with Crippen LogP contribution in [0.2, 0.25) is 0 Å². The molecule has 1 fully saturated rings. The van der Waals surface area contributed by atoms with Gasteiger partial charge in [0.1, 0.15) is 0 Å². The van der Waals surface area contributed by atoms with E-state index in [-0.39, 0.29) is 24.1 Å². The van der Waals surface area contributed by atoms with Crippen LogP contribution in [0.1, 0.15) is 42.1 Å². The molecule has 0 spiro atoms. The highest BCUT2D eigenvalue weighted by Crippen LogP contribution is 2.28. The molecule has 1 heterocycles. The number of alkyl halides is 1. The van der Waals surface area contributed by atoms with Crippen LogP contribution in [0.25, 0.3) is 0 Å². The fourth-order valence-corrected chi connectivity index (χ4v) is 3.86. The van der Waals surface area contributed by atoms with Crippen molar-refractivity contribution in [1.82, 2.24) is 5.32 Å². The Balaban J connectivity index is 1.74. The van der Waals surface area contributed by atoms with Crippen molar-refractivity contribution < 1.29 is 9.59 Å². The van der Waals surface area contributed by atoms with Gasteiger partial charge in [0.2, 0.25) is 5.91 Å². The van der Waals surface area contributed by atoms with Crippen molar-refractivity contribution in [1.29, 1.82) is 0 Å². The number of amides is 2. The molecule has 2 aromatic carbocycles. The van der Waals surface area contributed by atoms with Crippen molar-refractivity contribution in [3.63, 3.8) is 0 Å². The highest BCUT2D eigenvalue weighted by Gasteiger charge is 2.21. The number of carbonyl (C=O) groups is 2. The van der Waals surface area contributed by atoms with Gasteiger partial charge in [-0.3, -0.25) is 9.59 Å². The van der Waals surface area contributed by atoms with Crippen LogP contribution < -0.4 is 15.5 Å². The summed E-state index contributed by atoms with van der Waals surface area (Å²) in [6, 6.07) is 15.7. The van der Waals surface area contributed by atoms with E-state index in [0.717, 1.165) is 38.0 Å². The van der Waals surface area contributed by atoms with Crippen LogP contribution in [0.5, 0.6) is 0 Å². The lowest BCUT2D eigenvalue weighted by Crippen LogP contribution is -2.35. The number of nitrogens with one attached hydrogen (secondary N) is 2. The Labute approximate surface area is 183 Å². The van der Waals surface area contributed by atoms with E-state index >= 15 is 0 Å². The molecule has 1 aliphatic rings. The number of benzene rings is 2. The first-order valence-corrected chi connectivity index (χ1v) is 11.2. The van der Waals surface area contributed by atoms with E-state index in [1.54, 1.807) is 6.07 Å². The fraction of sp³-hybridized carbons (Fsp3) is 0.417. The summed E-state index contributed by atoms with van der Waals surface area (Å²) in [4.78, 5) is 27.3. The zero-order chi connectivity index (χ0) is 21.3. The third kappa shape index (κ3) is 6.23. The molecular formula is C24H30ClN3O2. The zero-order valence-electron chi connectivity index (χ0n) is 17.5. The molecule has 0 unspecified atom stereocenters. The molecule has 30 heavy (non-hydrogen) atoms. The molecular weight excluding hydrogens is 398 g/mol. The number of halogens is 1. The predicted molar refractivity (Wildman–Crippen MR) is 123 cm³/mol. The van der Waals surface area contributed by atoms with Gasteiger partial charge < -0.3 is 15.5 Å². The summed E-state index contributed by atoms with van der Waals surface area (Å²) in [6.45, 7) is 4.69. The number of carbonyl (C=O) groups excluding carboxylic acids is 2. The van der Waals surface area contributed by atoms with Gasteiger partial charge in [-0.2, -0.15) is 0 Å². The summed E-state index contributed by atoms with van der Waals surface area (Å²) < 4.78 is 0. The zero-order valence-corrected chi connectivity index (χ0v) is 18.3. The molecule has 0 saturated carbocycles. The van der Waals surface area contributed by atoms with Gasteiger partial charge in [0.05, 0.1) is 5.56 Å². The average molecular weight is 428 g/mol. The number of hydrogen-bond acceptors (Lipinski definition) is 3. The third-order valence-electron chi connectivity index (χ3n) is 5.51. The fourth-order valence-electron chi connectivity index (χ4n) is 3.69. The lowest BCUT2D eigenvalue weighted by molar-refractivity contribution is -0.115. The van der Waals surface area contributed by atoms with Crippen LogP contribution in [0.3, 0.4) is 0 Å². The van der Waals surface area contributed by atoms with E-state index < -0.39 is 0 Å². The van der Waals surface area contributed by atoms with Crippen LogP contribution in [0, 0.1) is 5.92 Å². The molecule has 2 aromatic rings. The molecule has 1 aliphatic heterocycles. The summed E-state index contributed by atoms with van der Waals surface area (Å²) >= 11 is 5.66. The molecule has 0 aliphatic carbocycles. The van der Waals surface area contributed by atoms with E-state index in [1.807, 2.05) is 30.3 Å². The second-order valence-electron chi connectivity index (χ2n) is 7.88. The summed E-state index contributed by atoms with van der Waals surface area (Å²) in [5.41, 5.74) is 3.33. The Morgan fingerprint density at radius 3 is 2.53 bits per heavy atom. The molecule has 6 heteroatoms. The smallest absolute Gasteiger partial charge is 0.253 e. The van der Waals surface area contributed by atoms with Gasteiger partial charge in [-0.25, -0.2) is 0 Å². The average Bonchev–Trinajstić information content (AvgIpc) is 2.75. The van der Waals surface area contributed by atoms with E-state index in [9.17, 15) is 9.59 Å².